The average Bonchev–Trinajstić information content (AvgIpc) is 3.20. The van der Waals surface area contributed by atoms with Gasteiger partial charge in [-0.1, -0.05) is 37.3 Å². The fourth-order valence-electron chi connectivity index (χ4n) is 4.81. The fourth-order valence-corrected chi connectivity index (χ4v) is 4.81. The lowest BCUT2D eigenvalue weighted by Crippen LogP contribution is -2.37. The van der Waals surface area contributed by atoms with Crippen molar-refractivity contribution in [3.05, 3.63) is 101 Å². The molecule has 0 spiro atoms. The third-order valence-corrected chi connectivity index (χ3v) is 7.12. The number of para-hydroxylation sites is 1. The van der Waals surface area contributed by atoms with Gasteiger partial charge in [0, 0.05) is 56.1 Å². The van der Waals surface area contributed by atoms with E-state index in [-0.39, 0.29) is 5.92 Å². The minimum absolute atomic E-state index is 0.188. The zero-order valence-electron chi connectivity index (χ0n) is 25.0. The topological polar surface area (TPSA) is 110 Å². The van der Waals surface area contributed by atoms with Crippen LogP contribution in [0.4, 0.5) is 5.69 Å². The van der Waals surface area contributed by atoms with Gasteiger partial charge in [-0.25, -0.2) is 0 Å². The van der Waals surface area contributed by atoms with Crippen LogP contribution in [0.3, 0.4) is 0 Å². The third kappa shape index (κ3) is 9.75. The van der Waals surface area contributed by atoms with Crippen molar-refractivity contribution < 1.29 is 19.0 Å². The normalized spacial score (nSPS) is 17.5. The summed E-state index contributed by atoms with van der Waals surface area (Å²) >= 11 is 0. The van der Waals surface area contributed by atoms with Gasteiger partial charge in [0.2, 0.25) is 0 Å². The van der Waals surface area contributed by atoms with Crippen molar-refractivity contribution in [3.8, 4) is 11.5 Å². The van der Waals surface area contributed by atoms with Crippen LogP contribution in [-0.4, -0.2) is 63.9 Å². The van der Waals surface area contributed by atoms with Crippen LogP contribution >= 0.6 is 0 Å². The third-order valence-electron chi connectivity index (χ3n) is 7.12. The molecule has 2 aliphatic rings. The van der Waals surface area contributed by atoms with Gasteiger partial charge in [0.15, 0.2) is 0 Å². The summed E-state index contributed by atoms with van der Waals surface area (Å²) in [6.07, 6.45) is 9.83. The van der Waals surface area contributed by atoms with Crippen LogP contribution in [0.1, 0.15) is 32.3 Å². The molecule has 1 fully saturated rings. The van der Waals surface area contributed by atoms with Crippen molar-refractivity contribution in [2.24, 2.45) is 11.7 Å². The summed E-state index contributed by atoms with van der Waals surface area (Å²) in [6.45, 7) is 11.3. The zero-order valence-corrected chi connectivity index (χ0v) is 25.0. The molecule has 1 aliphatic heterocycles. The van der Waals surface area contributed by atoms with E-state index in [1.54, 1.807) is 0 Å². The summed E-state index contributed by atoms with van der Waals surface area (Å²) in [5, 5.41) is 12.1. The maximum Gasteiger partial charge on any atom is 0.127 e. The molecule has 2 aromatic rings. The van der Waals surface area contributed by atoms with Gasteiger partial charge in [0.1, 0.15) is 24.0 Å². The van der Waals surface area contributed by atoms with Crippen LogP contribution in [0.25, 0.3) is 0 Å². The molecule has 1 heterocycles. The first-order valence-corrected chi connectivity index (χ1v) is 14.3. The number of rotatable bonds is 12. The highest BCUT2D eigenvalue weighted by molar-refractivity contribution is 6.14. The van der Waals surface area contributed by atoms with E-state index in [1.165, 1.54) is 0 Å². The Labute approximate surface area is 250 Å². The van der Waals surface area contributed by atoms with Crippen LogP contribution in [0.2, 0.25) is 0 Å². The van der Waals surface area contributed by atoms with E-state index in [2.05, 4.69) is 29.3 Å². The number of hydrogen-bond acceptors (Lipinski definition) is 8. The van der Waals surface area contributed by atoms with Crippen LogP contribution in [0.5, 0.6) is 11.5 Å². The summed E-state index contributed by atoms with van der Waals surface area (Å²) < 4.78 is 17.5. The molecule has 1 saturated heterocycles. The first-order chi connectivity index (χ1) is 20.4. The Morgan fingerprint density at radius 1 is 1.10 bits per heavy atom. The standard InChI is InChI=1S/C33H42N4O3.CH2O/c1-24-20-26(10-11-29(21-24)40-27-8-5-4-6-9-27)22-31(34)25(2)33(35)30-13-12-28(23-32(30)36-3)39-17-7-14-37-15-18-38-19-16-37;1-2/h4-6,8-13,20-21,23-24,35-36H,7,14-19,22,34H2,1-3H3;1H2/b31-25+,35-33?;. The fraction of sp³-hybridized carbons (Fsp3) is 0.353. The second-order valence-corrected chi connectivity index (χ2v) is 10.2. The number of nitrogens with two attached hydrogens (primary N) is 1. The molecule has 2 aromatic carbocycles. The Balaban J connectivity index is 0.00000237. The first kappa shape index (κ1) is 32.4. The molecule has 42 heavy (non-hydrogen) atoms. The van der Waals surface area contributed by atoms with E-state index in [1.807, 2.05) is 81.4 Å². The number of nitrogens with one attached hydrogen (secondary N) is 2. The van der Waals surface area contributed by atoms with Crippen molar-refractivity contribution >= 4 is 18.2 Å². The lowest BCUT2D eigenvalue weighted by Gasteiger charge is -2.26. The number of carbonyl (C=O) groups is 1. The SMILES string of the molecule is C=O.CNc1cc(OCCCN2CCOCC2)ccc1C(=N)/C(C)=C(/N)CC1=CC(C)C=C(Oc2ccccc2)C=C1. The average molecular weight is 573 g/mol. The predicted molar refractivity (Wildman–Crippen MR) is 170 cm³/mol. The Hall–Kier alpha value is -4.14. The monoisotopic (exact) mass is 572 g/mol. The molecule has 224 valence electrons. The molecule has 4 rings (SSSR count). The lowest BCUT2D eigenvalue weighted by molar-refractivity contribution is -0.0980. The molecular weight excluding hydrogens is 528 g/mol. The predicted octanol–water partition coefficient (Wildman–Crippen LogP) is 5.73. The molecule has 8 heteroatoms. The quantitative estimate of drug-likeness (QED) is 0.220. The largest absolute Gasteiger partial charge is 0.493 e. The number of ether oxygens (including phenoxy) is 3. The van der Waals surface area contributed by atoms with Gasteiger partial charge in [-0.15, -0.1) is 0 Å². The van der Waals surface area contributed by atoms with Gasteiger partial charge in [-0.3, -0.25) is 10.3 Å². The van der Waals surface area contributed by atoms with Gasteiger partial charge in [-0.2, -0.15) is 0 Å². The minimum atomic E-state index is 0.188. The molecule has 0 saturated carbocycles. The Morgan fingerprint density at radius 3 is 2.55 bits per heavy atom. The van der Waals surface area contributed by atoms with E-state index >= 15 is 0 Å². The van der Waals surface area contributed by atoms with Gasteiger partial charge in [0.05, 0.1) is 25.5 Å². The second-order valence-electron chi connectivity index (χ2n) is 10.2. The summed E-state index contributed by atoms with van der Waals surface area (Å²) in [6, 6.07) is 15.6. The molecule has 0 amide bonds. The molecule has 0 aromatic heterocycles. The molecular formula is C34H44N4O4. The van der Waals surface area contributed by atoms with E-state index in [0.29, 0.717) is 24.4 Å². The number of hydrogen-bond donors (Lipinski definition) is 3. The number of nitrogens with zero attached hydrogens (tertiary/aromatic N) is 1. The number of anilines is 1. The van der Waals surface area contributed by atoms with E-state index in [0.717, 1.165) is 78.9 Å². The highest BCUT2D eigenvalue weighted by atomic mass is 16.5. The summed E-state index contributed by atoms with van der Waals surface area (Å²) in [5.74, 6) is 2.59. The summed E-state index contributed by atoms with van der Waals surface area (Å²) in [5.41, 5.74) is 11.1. The highest BCUT2D eigenvalue weighted by Crippen LogP contribution is 2.27. The number of allylic oxidation sites excluding steroid dienone is 6. The lowest BCUT2D eigenvalue weighted by atomic mass is 9.96. The molecule has 1 atom stereocenters. The van der Waals surface area contributed by atoms with Gasteiger partial charge < -0.3 is 30.1 Å². The number of morpholine rings is 1. The molecule has 8 nitrogen and oxygen atoms in total. The summed E-state index contributed by atoms with van der Waals surface area (Å²) in [4.78, 5) is 10.4. The summed E-state index contributed by atoms with van der Waals surface area (Å²) in [7, 11) is 1.86. The van der Waals surface area contributed by atoms with Gasteiger partial charge >= 0.3 is 0 Å². The highest BCUT2D eigenvalue weighted by Gasteiger charge is 2.15. The van der Waals surface area contributed by atoms with Crippen LogP contribution in [0.15, 0.2) is 95.4 Å². The van der Waals surface area contributed by atoms with Gasteiger partial charge in [-0.05, 0) is 66.8 Å². The maximum atomic E-state index is 8.92. The van der Waals surface area contributed by atoms with Gasteiger partial charge in [0.25, 0.3) is 0 Å². The van der Waals surface area contributed by atoms with Crippen molar-refractivity contribution in [1.82, 2.24) is 4.90 Å². The van der Waals surface area contributed by atoms with Crippen molar-refractivity contribution in [2.75, 3.05) is 51.8 Å². The smallest absolute Gasteiger partial charge is 0.127 e. The second kappa shape index (κ2) is 17.0. The first-order valence-electron chi connectivity index (χ1n) is 14.3. The van der Waals surface area contributed by atoms with Crippen LogP contribution in [0, 0.1) is 11.3 Å². The molecule has 1 aliphatic carbocycles. The number of carbonyl (C=O) groups excluding carboxylic acids is 1. The Morgan fingerprint density at radius 2 is 1.83 bits per heavy atom. The van der Waals surface area contributed by atoms with Crippen LogP contribution < -0.4 is 20.5 Å². The maximum absolute atomic E-state index is 8.92. The van der Waals surface area contributed by atoms with Crippen molar-refractivity contribution in [3.63, 3.8) is 0 Å². The Bertz CT molecular complexity index is 1290. The van der Waals surface area contributed by atoms with E-state index in [9.17, 15) is 0 Å². The molecule has 4 N–H and O–H groups in total. The zero-order chi connectivity index (χ0) is 30.3. The molecule has 1 unspecified atom stereocenters. The Kier molecular flexibility index (Phi) is 13.1. The molecule has 0 bridgehead atoms. The molecule has 0 radical (unpaired) electrons. The number of benzene rings is 2. The van der Waals surface area contributed by atoms with Crippen molar-refractivity contribution in [2.45, 2.75) is 26.7 Å². The minimum Gasteiger partial charge on any atom is -0.493 e. The van der Waals surface area contributed by atoms with Crippen LogP contribution in [-0.2, 0) is 9.53 Å². The van der Waals surface area contributed by atoms with Crippen molar-refractivity contribution in [1.29, 1.82) is 5.41 Å². The van der Waals surface area contributed by atoms with E-state index in [4.69, 9.17) is 30.1 Å². The van der Waals surface area contributed by atoms with E-state index < -0.39 is 0 Å².